The second-order valence-corrected chi connectivity index (χ2v) is 2.53. The van der Waals surface area contributed by atoms with Crippen LogP contribution in [0.5, 0.6) is 0 Å². The van der Waals surface area contributed by atoms with E-state index in [4.69, 9.17) is 0 Å². The number of fused-ring (bicyclic) bond motifs is 1. The topological polar surface area (TPSA) is 12.0 Å². The third-order valence-electron chi connectivity index (χ3n) is 1.72. The first-order chi connectivity index (χ1) is 5.38. The summed E-state index contributed by atoms with van der Waals surface area (Å²) in [6.45, 7) is 6.39. The Bertz CT molecular complexity index is 178. The van der Waals surface area contributed by atoms with Crippen molar-refractivity contribution in [2.24, 2.45) is 0 Å². The second-order valence-electron chi connectivity index (χ2n) is 2.53. The largest absolute Gasteiger partial charge is 0.317 e. The zero-order valence-corrected chi connectivity index (χ0v) is 7.22. The van der Waals surface area contributed by atoms with Gasteiger partial charge in [0.05, 0.1) is 0 Å². The Morgan fingerprint density at radius 3 is 1.27 bits per heavy atom. The SMILES string of the molecule is CCNCC.c1cc2ccc1-2. The molecular weight excluding hydrogens is 134 g/mol. The monoisotopic (exact) mass is 149 g/mol. The molecule has 60 valence electrons. The molecule has 0 spiro atoms. The van der Waals surface area contributed by atoms with Crippen molar-refractivity contribution in [2.75, 3.05) is 13.1 Å². The van der Waals surface area contributed by atoms with Crippen LogP contribution in [0.15, 0.2) is 24.3 Å². The minimum Gasteiger partial charge on any atom is -0.317 e. The van der Waals surface area contributed by atoms with E-state index in [1.165, 1.54) is 11.1 Å². The zero-order valence-electron chi connectivity index (χ0n) is 7.22. The van der Waals surface area contributed by atoms with Crippen molar-refractivity contribution in [1.82, 2.24) is 5.32 Å². The molecule has 0 aromatic heterocycles. The number of rotatable bonds is 2. The Morgan fingerprint density at radius 1 is 0.909 bits per heavy atom. The van der Waals surface area contributed by atoms with Crippen LogP contribution in [0.25, 0.3) is 11.1 Å². The van der Waals surface area contributed by atoms with E-state index in [-0.39, 0.29) is 0 Å². The molecular formula is C10H15N. The smallest absolute Gasteiger partial charge is 0.00775 e. The summed E-state index contributed by atoms with van der Waals surface area (Å²) in [5.41, 5.74) is 2.85. The van der Waals surface area contributed by atoms with E-state index < -0.39 is 0 Å². The molecule has 0 aliphatic heterocycles. The summed E-state index contributed by atoms with van der Waals surface area (Å²) < 4.78 is 0. The molecule has 1 heteroatoms. The average Bonchev–Trinajstić information content (AvgIpc) is 2.00. The van der Waals surface area contributed by atoms with Crippen molar-refractivity contribution in [3.05, 3.63) is 24.3 Å². The molecule has 0 aromatic carbocycles. The van der Waals surface area contributed by atoms with Gasteiger partial charge < -0.3 is 5.32 Å². The zero-order chi connectivity index (χ0) is 8.10. The lowest BCUT2D eigenvalue weighted by atomic mass is 9.95. The average molecular weight is 149 g/mol. The van der Waals surface area contributed by atoms with Crippen molar-refractivity contribution >= 4 is 0 Å². The van der Waals surface area contributed by atoms with Crippen LogP contribution in [-0.2, 0) is 0 Å². The predicted octanol–water partition coefficient (Wildman–Crippen LogP) is 2.28. The van der Waals surface area contributed by atoms with Crippen molar-refractivity contribution in [2.45, 2.75) is 13.8 Å². The molecule has 11 heavy (non-hydrogen) atoms. The quantitative estimate of drug-likeness (QED) is 0.690. The van der Waals surface area contributed by atoms with Crippen molar-refractivity contribution in [1.29, 1.82) is 0 Å². The normalized spacial score (nSPS) is 10.0. The first-order valence-corrected chi connectivity index (χ1v) is 4.19. The Morgan fingerprint density at radius 2 is 1.27 bits per heavy atom. The lowest BCUT2D eigenvalue weighted by Crippen LogP contribution is -2.09. The van der Waals surface area contributed by atoms with Crippen LogP contribution < -0.4 is 5.32 Å². The molecule has 0 heterocycles. The molecule has 2 aliphatic carbocycles. The third-order valence-corrected chi connectivity index (χ3v) is 1.72. The highest BCUT2D eigenvalue weighted by Crippen LogP contribution is 2.29. The van der Waals surface area contributed by atoms with Crippen LogP contribution in [0, 0.1) is 0 Å². The molecule has 0 unspecified atom stereocenters. The second kappa shape index (κ2) is 4.14. The van der Waals surface area contributed by atoms with Gasteiger partial charge in [0, 0.05) is 0 Å². The summed E-state index contributed by atoms with van der Waals surface area (Å²) in [7, 11) is 0. The Hall–Kier alpha value is -0.820. The van der Waals surface area contributed by atoms with Gasteiger partial charge in [-0.2, -0.15) is 0 Å². The summed E-state index contributed by atoms with van der Waals surface area (Å²) in [5, 5.41) is 3.11. The molecule has 0 bridgehead atoms. The summed E-state index contributed by atoms with van der Waals surface area (Å²) >= 11 is 0. The number of nitrogens with one attached hydrogen (secondary N) is 1. The predicted molar refractivity (Wildman–Crippen MR) is 49.7 cm³/mol. The maximum Gasteiger partial charge on any atom is -0.00775 e. The number of hydrogen-bond donors (Lipinski definition) is 1. The first kappa shape index (κ1) is 8.28. The Kier molecular flexibility index (Phi) is 3.12. The maximum atomic E-state index is 3.11. The minimum absolute atomic E-state index is 1.09. The summed E-state index contributed by atoms with van der Waals surface area (Å²) in [4.78, 5) is 0. The molecule has 0 aromatic rings. The molecule has 0 radical (unpaired) electrons. The van der Waals surface area contributed by atoms with Crippen LogP contribution in [0.2, 0.25) is 0 Å². The highest BCUT2D eigenvalue weighted by Gasteiger charge is 2.03. The van der Waals surface area contributed by atoms with Crippen molar-refractivity contribution in [3.63, 3.8) is 0 Å². The van der Waals surface area contributed by atoms with Crippen LogP contribution >= 0.6 is 0 Å². The molecule has 0 saturated carbocycles. The third kappa shape index (κ3) is 2.05. The van der Waals surface area contributed by atoms with Crippen molar-refractivity contribution < 1.29 is 0 Å². The fourth-order valence-corrected chi connectivity index (χ4v) is 0.913. The fraction of sp³-hybridized carbons (Fsp3) is 0.400. The van der Waals surface area contributed by atoms with Gasteiger partial charge in [-0.05, 0) is 24.2 Å². The van der Waals surface area contributed by atoms with Crippen LogP contribution in [-0.4, -0.2) is 13.1 Å². The van der Waals surface area contributed by atoms with Gasteiger partial charge in [0.25, 0.3) is 0 Å². The van der Waals surface area contributed by atoms with Crippen LogP contribution in [0.3, 0.4) is 0 Å². The number of benzene rings is 1. The van der Waals surface area contributed by atoms with Crippen LogP contribution in [0.1, 0.15) is 13.8 Å². The molecule has 0 atom stereocenters. The lowest BCUT2D eigenvalue weighted by molar-refractivity contribution is 0.762. The minimum atomic E-state index is 1.09. The first-order valence-electron chi connectivity index (χ1n) is 4.19. The van der Waals surface area contributed by atoms with Gasteiger partial charge in [0.15, 0.2) is 0 Å². The van der Waals surface area contributed by atoms with Gasteiger partial charge in [-0.25, -0.2) is 0 Å². The van der Waals surface area contributed by atoms with Gasteiger partial charge in [0.2, 0.25) is 0 Å². The van der Waals surface area contributed by atoms with Crippen molar-refractivity contribution in [3.8, 4) is 11.1 Å². The summed E-state index contributed by atoms with van der Waals surface area (Å²) in [6.07, 6.45) is 0. The molecule has 0 saturated heterocycles. The fourth-order valence-electron chi connectivity index (χ4n) is 0.913. The van der Waals surface area contributed by atoms with E-state index in [1.807, 2.05) is 0 Å². The molecule has 0 fully saturated rings. The molecule has 2 rings (SSSR count). The van der Waals surface area contributed by atoms with Gasteiger partial charge in [0.1, 0.15) is 0 Å². The highest BCUT2D eigenvalue weighted by molar-refractivity contribution is 5.75. The van der Waals surface area contributed by atoms with E-state index >= 15 is 0 Å². The standard InChI is InChI=1S/C6H4.C4H11N/c1-2-6-4-3-5(1)6;1-3-5-4-2/h1-4H;5H,3-4H2,1-2H3. The molecule has 0 amide bonds. The summed E-state index contributed by atoms with van der Waals surface area (Å²) in [6, 6.07) is 8.48. The van der Waals surface area contributed by atoms with E-state index in [1.54, 1.807) is 0 Å². The van der Waals surface area contributed by atoms with Gasteiger partial charge >= 0.3 is 0 Å². The van der Waals surface area contributed by atoms with Gasteiger partial charge in [-0.15, -0.1) is 0 Å². The molecule has 1 N–H and O–H groups in total. The van der Waals surface area contributed by atoms with Gasteiger partial charge in [-0.1, -0.05) is 38.1 Å². The van der Waals surface area contributed by atoms with E-state index in [0.717, 1.165) is 13.1 Å². The maximum absolute atomic E-state index is 3.11. The lowest BCUT2D eigenvalue weighted by Gasteiger charge is -2.10. The number of hydrogen-bond acceptors (Lipinski definition) is 1. The van der Waals surface area contributed by atoms with E-state index in [0.29, 0.717) is 0 Å². The molecule has 2 aliphatic rings. The highest BCUT2D eigenvalue weighted by atomic mass is 14.8. The van der Waals surface area contributed by atoms with E-state index in [2.05, 4.69) is 43.4 Å². The van der Waals surface area contributed by atoms with Crippen LogP contribution in [0.4, 0.5) is 0 Å². The summed E-state index contributed by atoms with van der Waals surface area (Å²) in [5.74, 6) is 0. The van der Waals surface area contributed by atoms with Gasteiger partial charge in [-0.3, -0.25) is 0 Å². The Balaban J connectivity index is 0.000000114. The Labute approximate surface area is 68.4 Å². The molecule has 1 nitrogen and oxygen atoms in total. The van der Waals surface area contributed by atoms with E-state index in [9.17, 15) is 0 Å².